The summed E-state index contributed by atoms with van der Waals surface area (Å²) >= 11 is 0. The molecule has 0 aliphatic carbocycles. The molecule has 8 heteroatoms. The largest absolute Gasteiger partial charge is 0.440 e. The van der Waals surface area contributed by atoms with Gasteiger partial charge in [0.1, 0.15) is 5.52 Å². The highest BCUT2D eigenvalue weighted by molar-refractivity contribution is 7.89. The van der Waals surface area contributed by atoms with Gasteiger partial charge in [-0.05, 0) is 43.2 Å². The van der Waals surface area contributed by atoms with Gasteiger partial charge in [-0.25, -0.2) is 13.4 Å². The highest BCUT2D eigenvalue weighted by atomic mass is 32.2. The quantitative estimate of drug-likeness (QED) is 0.580. The van der Waals surface area contributed by atoms with Crippen LogP contribution in [0.3, 0.4) is 0 Å². The highest BCUT2D eigenvalue weighted by Gasteiger charge is 2.29. The third-order valence-corrected chi connectivity index (χ3v) is 7.91. The van der Waals surface area contributed by atoms with Crippen LogP contribution in [-0.4, -0.2) is 54.7 Å². The van der Waals surface area contributed by atoms with E-state index in [2.05, 4.69) is 4.98 Å². The van der Waals surface area contributed by atoms with Crippen LogP contribution in [0.4, 0.5) is 0 Å². The second-order valence-electron chi connectivity index (χ2n) is 7.70. The maximum atomic E-state index is 13.1. The lowest BCUT2D eigenvalue weighted by Crippen LogP contribution is -2.38. The van der Waals surface area contributed by atoms with Crippen LogP contribution in [0.2, 0.25) is 0 Å². The molecule has 2 aromatic carbocycles. The summed E-state index contributed by atoms with van der Waals surface area (Å²) in [7, 11) is -3.60. The molecule has 0 N–H and O–H groups in total. The average Bonchev–Trinajstić information content (AvgIpc) is 3.24. The first-order chi connectivity index (χ1) is 14.9. The second kappa shape index (κ2) is 8.80. The lowest BCUT2D eigenvalue weighted by Gasteiger charge is -2.30. The van der Waals surface area contributed by atoms with Gasteiger partial charge in [0.05, 0.1) is 4.90 Å². The van der Waals surface area contributed by atoms with Gasteiger partial charge in [-0.2, -0.15) is 4.31 Å². The van der Waals surface area contributed by atoms with Gasteiger partial charge in [-0.15, -0.1) is 0 Å². The van der Waals surface area contributed by atoms with Crippen LogP contribution in [0.15, 0.2) is 57.8 Å². The lowest BCUT2D eigenvalue weighted by molar-refractivity contribution is 0.0706. The zero-order valence-electron chi connectivity index (χ0n) is 17.8. The van der Waals surface area contributed by atoms with Crippen LogP contribution in [0, 0.1) is 0 Å². The first kappa shape index (κ1) is 21.5. The first-order valence-electron chi connectivity index (χ1n) is 10.7. The second-order valence-corrected chi connectivity index (χ2v) is 9.64. The molecule has 164 valence electrons. The summed E-state index contributed by atoms with van der Waals surface area (Å²) in [5.41, 5.74) is 2.03. The molecule has 0 spiro atoms. The Hall–Kier alpha value is -2.71. The molecule has 31 heavy (non-hydrogen) atoms. The Labute approximate surface area is 182 Å². The number of sulfonamides is 1. The third-order valence-electron chi connectivity index (χ3n) is 5.87. The van der Waals surface area contributed by atoms with E-state index in [9.17, 15) is 13.2 Å². The average molecular weight is 442 g/mol. The summed E-state index contributed by atoms with van der Waals surface area (Å²) in [6.07, 6.45) is 1.52. The van der Waals surface area contributed by atoms with E-state index in [4.69, 9.17) is 4.42 Å². The molecule has 1 fully saturated rings. The Bertz CT molecular complexity index is 1140. The van der Waals surface area contributed by atoms with Gasteiger partial charge < -0.3 is 9.32 Å². The Morgan fingerprint density at radius 2 is 1.81 bits per heavy atom. The molecular formula is C23H27N3O4S. The molecule has 1 aromatic heterocycles. The number of piperidine rings is 1. The third kappa shape index (κ3) is 4.22. The van der Waals surface area contributed by atoms with Crippen molar-refractivity contribution in [2.75, 3.05) is 26.2 Å². The van der Waals surface area contributed by atoms with E-state index in [1.807, 2.05) is 24.3 Å². The van der Waals surface area contributed by atoms with Crippen LogP contribution in [0.25, 0.3) is 11.1 Å². The molecule has 0 saturated carbocycles. The van der Waals surface area contributed by atoms with Gasteiger partial charge in [-0.1, -0.05) is 32.0 Å². The van der Waals surface area contributed by atoms with Crippen molar-refractivity contribution < 1.29 is 17.6 Å². The Balaban J connectivity index is 1.46. The van der Waals surface area contributed by atoms with Crippen molar-refractivity contribution in [3.05, 3.63) is 60.0 Å². The van der Waals surface area contributed by atoms with Gasteiger partial charge >= 0.3 is 0 Å². The molecule has 0 radical (unpaired) electrons. The molecule has 0 atom stereocenters. The maximum Gasteiger partial charge on any atom is 0.253 e. The van der Waals surface area contributed by atoms with Crippen molar-refractivity contribution in [1.29, 1.82) is 0 Å². The van der Waals surface area contributed by atoms with Crippen molar-refractivity contribution >= 4 is 27.0 Å². The number of hydrogen-bond donors (Lipinski definition) is 0. The van der Waals surface area contributed by atoms with E-state index in [0.29, 0.717) is 31.7 Å². The summed E-state index contributed by atoms with van der Waals surface area (Å²) in [4.78, 5) is 19.6. The summed E-state index contributed by atoms with van der Waals surface area (Å²) in [6, 6.07) is 14.0. The number of hydrogen-bond acceptors (Lipinski definition) is 5. The zero-order chi connectivity index (χ0) is 22.0. The Morgan fingerprint density at radius 3 is 2.48 bits per heavy atom. The SMILES string of the molecule is CCN(CC)S(=O)(=O)c1cccc(C(=O)N2CCC(c3nc4ccccc4o3)CC2)c1. The monoisotopic (exact) mass is 441 g/mol. The number of benzene rings is 2. The van der Waals surface area contributed by atoms with E-state index in [1.165, 1.54) is 10.4 Å². The number of nitrogens with zero attached hydrogens (tertiary/aromatic N) is 3. The van der Waals surface area contributed by atoms with Crippen LogP contribution in [-0.2, 0) is 10.0 Å². The number of aromatic nitrogens is 1. The summed E-state index contributed by atoms with van der Waals surface area (Å²) in [5.74, 6) is 0.749. The van der Waals surface area contributed by atoms with Crippen molar-refractivity contribution in [2.45, 2.75) is 37.5 Å². The van der Waals surface area contributed by atoms with Gasteiger partial charge in [0, 0.05) is 37.7 Å². The minimum Gasteiger partial charge on any atom is -0.440 e. The standard InChI is InChI=1S/C23H27N3O4S/c1-3-26(4-2)31(28,29)19-9-7-8-18(16-19)23(27)25-14-12-17(13-15-25)22-24-20-10-5-6-11-21(20)30-22/h5-11,16-17H,3-4,12-15H2,1-2H3. The van der Waals surface area contributed by atoms with E-state index in [1.54, 1.807) is 36.9 Å². The number of oxazole rings is 1. The van der Waals surface area contributed by atoms with Gasteiger partial charge in [0.25, 0.3) is 5.91 Å². The summed E-state index contributed by atoms with van der Waals surface area (Å²) in [5, 5.41) is 0. The Kier molecular flexibility index (Phi) is 6.11. The van der Waals surface area contributed by atoms with E-state index < -0.39 is 10.0 Å². The van der Waals surface area contributed by atoms with Crippen LogP contribution in [0.5, 0.6) is 0 Å². The fourth-order valence-corrected chi connectivity index (χ4v) is 5.58. The normalized spacial score (nSPS) is 15.6. The fraction of sp³-hybridized carbons (Fsp3) is 0.391. The number of para-hydroxylation sites is 2. The number of likely N-dealkylation sites (tertiary alicyclic amines) is 1. The molecule has 1 aliphatic heterocycles. The molecule has 1 amide bonds. The van der Waals surface area contributed by atoms with Gasteiger partial charge in [-0.3, -0.25) is 4.79 Å². The topological polar surface area (TPSA) is 83.7 Å². The molecule has 1 saturated heterocycles. The number of fused-ring (bicyclic) bond motifs is 1. The number of carbonyl (C=O) groups is 1. The van der Waals surface area contributed by atoms with Crippen LogP contribution >= 0.6 is 0 Å². The van der Waals surface area contributed by atoms with Crippen molar-refractivity contribution in [3.63, 3.8) is 0 Å². The zero-order valence-corrected chi connectivity index (χ0v) is 18.6. The Morgan fingerprint density at radius 1 is 1.10 bits per heavy atom. The van der Waals surface area contributed by atoms with E-state index in [0.717, 1.165) is 29.8 Å². The lowest BCUT2D eigenvalue weighted by atomic mass is 9.96. The van der Waals surface area contributed by atoms with Crippen LogP contribution in [0.1, 0.15) is 48.9 Å². The van der Waals surface area contributed by atoms with Crippen molar-refractivity contribution in [1.82, 2.24) is 14.2 Å². The molecule has 2 heterocycles. The van der Waals surface area contributed by atoms with E-state index in [-0.39, 0.29) is 16.7 Å². The van der Waals surface area contributed by atoms with Crippen molar-refractivity contribution in [3.8, 4) is 0 Å². The molecule has 0 unspecified atom stereocenters. The number of amides is 1. The molecule has 4 rings (SSSR count). The molecule has 3 aromatic rings. The minimum atomic E-state index is -3.60. The van der Waals surface area contributed by atoms with Gasteiger partial charge in [0.15, 0.2) is 11.5 Å². The van der Waals surface area contributed by atoms with Gasteiger partial charge in [0.2, 0.25) is 10.0 Å². The highest BCUT2D eigenvalue weighted by Crippen LogP contribution is 2.30. The number of rotatable bonds is 6. The number of carbonyl (C=O) groups excluding carboxylic acids is 1. The summed E-state index contributed by atoms with van der Waals surface area (Å²) in [6.45, 7) is 5.54. The molecule has 7 nitrogen and oxygen atoms in total. The molecule has 1 aliphatic rings. The first-order valence-corrected chi connectivity index (χ1v) is 12.1. The predicted octanol–water partition coefficient (Wildman–Crippen LogP) is 3.88. The van der Waals surface area contributed by atoms with Crippen LogP contribution < -0.4 is 0 Å². The maximum absolute atomic E-state index is 13.1. The molecule has 0 bridgehead atoms. The summed E-state index contributed by atoms with van der Waals surface area (Å²) < 4.78 is 32.9. The van der Waals surface area contributed by atoms with E-state index >= 15 is 0 Å². The molecular weight excluding hydrogens is 414 g/mol. The predicted molar refractivity (Wildman–Crippen MR) is 118 cm³/mol. The fourth-order valence-electron chi connectivity index (χ4n) is 4.08. The smallest absolute Gasteiger partial charge is 0.253 e. The minimum absolute atomic E-state index is 0.146. The van der Waals surface area contributed by atoms with Crippen molar-refractivity contribution in [2.24, 2.45) is 0 Å².